The first-order valence-corrected chi connectivity index (χ1v) is 12.6. The number of carbonyl (C=O) groups excluding carboxylic acids is 1. The van der Waals surface area contributed by atoms with Gasteiger partial charge in [0.05, 0.1) is 19.1 Å². The molecule has 1 heterocycles. The number of carbonyl (C=O) groups is 1. The normalized spacial score (nSPS) is 17.8. The number of hydrogen-bond donors (Lipinski definition) is 3. The quantitative estimate of drug-likeness (QED) is 0.415. The van der Waals surface area contributed by atoms with E-state index in [1.165, 1.54) is 32.1 Å². The molecular weight excluding hydrogens is 410 g/mol. The lowest BCUT2D eigenvalue weighted by atomic mass is 10.0. The molecule has 3 N–H and O–H groups in total. The summed E-state index contributed by atoms with van der Waals surface area (Å²) in [5.74, 6) is 1.48. The largest absolute Gasteiger partial charge is 0.493 e. The Balaban J connectivity index is 1.59. The van der Waals surface area contributed by atoms with Gasteiger partial charge < -0.3 is 20.7 Å². The lowest BCUT2D eigenvalue weighted by Gasteiger charge is -2.26. The van der Waals surface area contributed by atoms with Gasteiger partial charge in [0.25, 0.3) is 0 Å². The van der Waals surface area contributed by atoms with Crippen LogP contribution in [0.15, 0.2) is 54.6 Å². The molecule has 2 aromatic carbocycles. The monoisotopic (exact) mass is 451 g/mol. The smallest absolute Gasteiger partial charge is 0.224 e. The molecule has 1 amide bonds. The molecule has 1 aliphatic rings. The lowest BCUT2D eigenvalue weighted by molar-refractivity contribution is -0.121. The van der Waals surface area contributed by atoms with Crippen molar-refractivity contribution in [2.45, 2.75) is 64.5 Å². The second-order valence-corrected chi connectivity index (χ2v) is 9.36. The fraction of sp³-hybridized carbons (Fsp3) is 0.536. The third-order valence-electron chi connectivity index (χ3n) is 6.29. The van der Waals surface area contributed by atoms with E-state index >= 15 is 0 Å². The first-order chi connectivity index (χ1) is 16.1. The van der Waals surface area contributed by atoms with E-state index in [2.05, 4.69) is 41.9 Å². The Morgan fingerprint density at radius 3 is 2.61 bits per heavy atom. The van der Waals surface area contributed by atoms with Crippen LogP contribution in [0.4, 0.5) is 0 Å². The van der Waals surface area contributed by atoms with Gasteiger partial charge in [0.2, 0.25) is 5.91 Å². The van der Waals surface area contributed by atoms with E-state index in [1.807, 2.05) is 42.5 Å². The minimum Gasteiger partial charge on any atom is -0.493 e. The Bertz CT molecular complexity index is 804. The summed E-state index contributed by atoms with van der Waals surface area (Å²) in [5, 5.41) is 10.4. The summed E-state index contributed by atoms with van der Waals surface area (Å²) >= 11 is 0. The van der Waals surface area contributed by atoms with Gasteiger partial charge >= 0.3 is 0 Å². The zero-order chi connectivity index (χ0) is 23.3. The highest BCUT2D eigenvalue weighted by Crippen LogP contribution is 2.19. The van der Waals surface area contributed by atoms with Crippen molar-refractivity contribution >= 4 is 5.91 Å². The second-order valence-electron chi connectivity index (χ2n) is 9.36. The van der Waals surface area contributed by atoms with Crippen LogP contribution in [0.5, 0.6) is 5.75 Å². The Kier molecular flexibility index (Phi) is 10.7. The van der Waals surface area contributed by atoms with E-state index in [9.17, 15) is 4.79 Å². The fourth-order valence-electron chi connectivity index (χ4n) is 4.39. The van der Waals surface area contributed by atoms with Crippen LogP contribution in [0.1, 0.15) is 63.1 Å². The third kappa shape index (κ3) is 9.18. The molecule has 1 fully saturated rings. The highest BCUT2D eigenvalue weighted by Gasteiger charge is 2.17. The second kappa shape index (κ2) is 14.0. The third-order valence-corrected chi connectivity index (χ3v) is 6.29. The number of hydrogen-bond acceptors (Lipinski definition) is 4. The van der Waals surface area contributed by atoms with Gasteiger partial charge in [0, 0.05) is 19.1 Å². The van der Waals surface area contributed by atoms with Gasteiger partial charge in [-0.3, -0.25) is 4.79 Å². The van der Waals surface area contributed by atoms with Gasteiger partial charge in [-0.1, -0.05) is 69.2 Å². The van der Waals surface area contributed by atoms with E-state index in [0.717, 1.165) is 36.6 Å². The molecule has 0 bridgehead atoms. The molecule has 5 heteroatoms. The zero-order valence-electron chi connectivity index (χ0n) is 20.3. The molecule has 3 rings (SSSR count). The number of benzene rings is 2. The summed E-state index contributed by atoms with van der Waals surface area (Å²) in [6, 6.07) is 18.5. The molecule has 0 saturated carbocycles. The van der Waals surface area contributed by atoms with Gasteiger partial charge in [-0.2, -0.15) is 0 Å². The Labute approximate surface area is 199 Å². The molecule has 0 aromatic heterocycles. The van der Waals surface area contributed by atoms with Crippen molar-refractivity contribution in [3.63, 3.8) is 0 Å². The number of rotatable bonds is 13. The van der Waals surface area contributed by atoms with Crippen LogP contribution in [-0.2, 0) is 11.2 Å². The van der Waals surface area contributed by atoms with E-state index < -0.39 is 0 Å². The van der Waals surface area contributed by atoms with E-state index in [4.69, 9.17) is 4.74 Å². The Hall–Kier alpha value is -2.37. The molecule has 1 unspecified atom stereocenters. The molecule has 3 atom stereocenters. The predicted octanol–water partition coefficient (Wildman–Crippen LogP) is 4.63. The van der Waals surface area contributed by atoms with E-state index in [-0.39, 0.29) is 11.9 Å². The lowest BCUT2D eigenvalue weighted by Crippen LogP contribution is -2.44. The van der Waals surface area contributed by atoms with Crippen LogP contribution in [0.2, 0.25) is 0 Å². The van der Waals surface area contributed by atoms with Crippen molar-refractivity contribution in [3.8, 4) is 5.75 Å². The standard InChI is InChI=1S/C28H41N3O2/c1-3-9-22(2)21-33-26-15-13-24(14-16-26)27(20-29-19-25-12-7-8-17-30-25)31-28(32)18-23-10-5-4-6-11-23/h4-6,10-11,13-16,22,25,27,29-30H,3,7-9,12,17-21H2,1-2H3,(H,31,32)/t22?,25-,27-/m0/s1. The van der Waals surface area contributed by atoms with E-state index in [1.54, 1.807) is 0 Å². The average molecular weight is 452 g/mol. The maximum atomic E-state index is 12.8. The Morgan fingerprint density at radius 2 is 1.91 bits per heavy atom. The molecule has 33 heavy (non-hydrogen) atoms. The van der Waals surface area contributed by atoms with E-state index in [0.29, 0.717) is 24.9 Å². The topological polar surface area (TPSA) is 62.4 Å². The fourth-order valence-corrected chi connectivity index (χ4v) is 4.39. The van der Waals surface area contributed by atoms with Gasteiger partial charge in [-0.05, 0) is 55.0 Å². The molecule has 0 aliphatic carbocycles. The van der Waals surface area contributed by atoms with Crippen LogP contribution in [0, 0.1) is 5.92 Å². The number of piperidine rings is 1. The van der Waals surface area contributed by atoms with Crippen molar-refractivity contribution in [2.75, 3.05) is 26.2 Å². The maximum Gasteiger partial charge on any atom is 0.224 e. The summed E-state index contributed by atoms with van der Waals surface area (Å²) < 4.78 is 5.96. The maximum absolute atomic E-state index is 12.8. The average Bonchev–Trinajstić information content (AvgIpc) is 2.84. The van der Waals surface area contributed by atoms with Gasteiger partial charge in [-0.25, -0.2) is 0 Å². The van der Waals surface area contributed by atoms with Gasteiger partial charge in [-0.15, -0.1) is 0 Å². The first kappa shape index (κ1) is 25.3. The highest BCUT2D eigenvalue weighted by molar-refractivity contribution is 5.79. The highest BCUT2D eigenvalue weighted by atomic mass is 16.5. The molecule has 1 aliphatic heterocycles. The number of amides is 1. The van der Waals surface area contributed by atoms with Crippen molar-refractivity contribution < 1.29 is 9.53 Å². The molecule has 0 radical (unpaired) electrons. The summed E-state index contributed by atoms with van der Waals surface area (Å²) in [6.45, 7) is 7.88. The summed E-state index contributed by atoms with van der Waals surface area (Å²) in [4.78, 5) is 12.8. The molecule has 0 spiro atoms. The van der Waals surface area contributed by atoms with Crippen LogP contribution >= 0.6 is 0 Å². The number of ether oxygens (including phenoxy) is 1. The zero-order valence-corrected chi connectivity index (χ0v) is 20.3. The molecule has 180 valence electrons. The first-order valence-electron chi connectivity index (χ1n) is 12.6. The van der Waals surface area contributed by atoms with Crippen molar-refractivity contribution in [1.82, 2.24) is 16.0 Å². The van der Waals surface area contributed by atoms with Crippen molar-refractivity contribution in [2.24, 2.45) is 5.92 Å². The summed E-state index contributed by atoms with van der Waals surface area (Å²) in [6.07, 6.45) is 6.50. The minimum atomic E-state index is -0.0853. The van der Waals surface area contributed by atoms with Crippen LogP contribution in [0.3, 0.4) is 0 Å². The Morgan fingerprint density at radius 1 is 1.12 bits per heavy atom. The van der Waals surface area contributed by atoms with Gasteiger partial charge in [0.1, 0.15) is 5.75 Å². The minimum absolute atomic E-state index is 0.0394. The molecule has 1 saturated heterocycles. The van der Waals surface area contributed by atoms with Gasteiger partial charge in [0.15, 0.2) is 0 Å². The van der Waals surface area contributed by atoms with Crippen molar-refractivity contribution in [3.05, 3.63) is 65.7 Å². The van der Waals surface area contributed by atoms with Crippen LogP contribution in [0.25, 0.3) is 0 Å². The van der Waals surface area contributed by atoms with Crippen molar-refractivity contribution in [1.29, 1.82) is 0 Å². The molecular formula is C28H41N3O2. The predicted molar refractivity (Wildman–Crippen MR) is 136 cm³/mol. The number of nitrogens with one attached hydrogen (secondary N) is 3. The SMILES string of the molecule is CCCC(C)COc1ccc([C@H](CNC[C@@H]2CCCCN2)NC(=O)Cc2ccccc2)cc1. The summed E-state index contributed by atoms with van der Waals surface area (Å²) in [7, 11) is 0. The van der Waals surface area contributed by atoms with Crippen LogP contribution in [-0.4, -0.2) is 38.2 Å². The molecule has 5 nitrogen and oxygen atoms in total. The van der Waals surface area contributed by atoms with Crippen LogP contribution < -0.4 is 20.7 Å². The molecule has 2 aromatic rings. The summed E-state index contributed by atoms with van der Waals surface area (Å²) in [5.41, 5.74) is 2.12.